The summed E-state index contributed by atoms with van der Waals surface area (Å²) in [5, 5.41) is 10.1. The zero-order chi connectivity index (χ0) is 13.8. The molecule has 1 fully saturated rings. The number of rotatable bonds is 3. The third kappa shape index (κ3) is 3.29. The van der Waals surface area contributed by atoms with Crippen LogP contribution in [0.15, 0.2) is 18.2 Å². The van der Waals surface area contributed by atoms with Crippen molar-refractivity contribution >= 4 is 29.0 Å². The van der Waals surface area contributed by atoms with Crippen LogP contribution in [0.25, 0.3) is 0 Å². The lowest BCUT2D eigenvalue weighted by Gasteiger charge is -2.22. The minimum absolute atomic E-state index is 0.0212. The monoisotopic (exact) mass is 295 g/mol. The van der Waals surface area contributed by atoms with Crippen LogP contribution in [0.1, 0.15) is 43.6 Å². The fourth-order valence-corrected chi connectivity index (χ4v) is 2.92. The van der Waals surface area contributed by atoms with Gasteiger partial charge in [-0.05, 0) is 30.5 Å². The molecule has 1 aliphatic carbocycles. The van der Waals surface area contributed by atoms with Gasteiger partial charge in [-0.3, -0.25) is 4.79 Å². The number of carbonyl (C=O) groups is 1. The number of nitriles is 1. The average molecular weight is 296 g/mol. The first-order valence-electron chi connectivity index (χ1n) is 6.51. The Morgan fingerprint density at radius 3 is 2.47 bits per heavy atom. The van der Waals surface area contributed by atoms with Crippen molar-refractivity contribution in [1.82, 2.24) is 0 Å². The molecule has 1 aromatic rings. The van der Waals surface area contributed by atoms with E-state index in [2.05, 4.69) is 6.07 Å². The Hall–Kier alpha value is -1.04. The maximum Gasteiger partial charge on any atom is 0.157 e. The largest absolute Gasteiger partial charge is 0.298 e. The van der Waals surface area contributed by atoms with Crippen LogP contribution in [-0.4, -0.2) is 5.78 Å². The molecule has 0 saturated heterocycles. The topological polar surface area (TPSA) is 40.9 Å². The van der Waals surface area contributed by atoms with Crippen LogP contribution in [0.2, 0.25) is 10.0 Å². The molecular weight excluding hydrogens is 281 g/mol. The number of nitrogens with zero attached hydrogens (tertiary/aromatic N) is 1. The molecular formula is C15H15Cl2NO. The van der Waals surface area contributed by atoms with Gasteiger partial charge in [0.1, 0.15) is 5.92 Å². The first-order chi connectivity index (χ1) is 9.13. The third-order valence-corrected chi connectivity index (χ3v) is 4.44. The number of hydrogen-bond donors (Lipinski definition) is 0. The smallest absolute Gasteiger partial charge is 0.157 e. The quantitative estimate of drug-likeness (QED) is 0.807. The van der Waals surface area contributed by atoms with Gasteiger partial charge in [-0.15, -0.1) is 0 Å². The maximum absolute atomic E-state index is 12.4. The predicted octanol–water partition coefficient (Wildman–Crippen LogP) is 4.75. The van der Waals surface area contributed by atoms with Gasteiger partial charge in [0.25, 0.3) is 0 Å². The van der Waals surface area contributed by atoms with Gasteiger partial charge in [0.05, 0.1) is 16.1 Å². The number of Topliss-reactive ketones (excluding diaryl/α,β-unsaturated/α-hetero) is 1. The lowest BCUT2D eigenvalue weighted by Crippen LogP contribution is -2.23. The summed E-state index contributed by atoms with van der Waals surface area (Å²) in [4.78, 5) is 12.4. The van der Waals surface area contributed by atoms with Crippen LogP contribution < -0.4 is 0 Å². The molecule has 0 heterocycles. The van der Waals surface area contributed by atoms with Crippen molar-refractivity contribution in [1.29, 1.82) is 5.26 Å². The average Bonchev–Trinajstić information content (AvgIpc) is 2.44. The molecule has 1 aliphatic rings. The first kappa shape index (κ1) is 14.4. The zero-order valence-corrected chi connectivity index (χ0v) is 12.0. The Labute approximate surface area is 123 Å². The van der Waals surface area contributed by atoms with E-state index >= 15 is 0 Å². The Balaban J connectivity index is 2.21. The molecule has 2 nitrogen and oxygen atoms in total. The highest BCUT2D eigenvalue weighted by Crippen LogP contribution is 2.32. The van der Waals surface area contributed by atoms with E-state index in [-0.39, 0.29) is 11.7 Å². The molecule has 0 spiro atoms. The molecule has 19 heavy (non-hydrogen) atoms. The van der Waals surface area contributed by atoms with Gasteiger partial charge in [0.2, 0.25) is 0 Å². The molecule has 1 unspecified atom stereocenters. The Bertz CT molecular complexity index is 515. The highest BCUT2D eigenvalue weighted by Gasteiger charge is 2.29. The molecule has 4 heteroatoms. The van der Waals surface area contributed by atoms with Crippen LogP contribution in [0.4, 0.5) is 0 Å². The lowest BCUT2D eigenvalue weighted by molar-refractivity contribution is -0.124. The molecule has 1 saturated carbocycles. The van der Waals surface area contributed by atoms with Crippen LogP contribution in [-0.2, 0) is 4.79 Å². The third-order valence-electron chi connectivity index (χ3n) is 3.70. The van der Waals surface area contributed by atoms with Crippen molar-refractivity contribution in [2.45, 2.75) is 38.0 Å². The van der Waals surface area contributed by atoms with E-state index in [1.54, 1.807) is 18.2 Å². The molecule has 0 N–H and O–H groups in total. The lowest BCUT2D eigenvalue weighted by atomic mass is 9.80. The van der Waals surface area contributed by atoms with Gasteiger partial charge in [-0.1, -0.05) is 48.5 Å². The van der Waals surface area contributed by atoms with E-state index in [0.717, 1.165) is 25.7 Å². The standard InChI is InChI=1S/C15H15Cl2NO/c16-13-7-6-11(8-14(13)17)12(9-18)15(19)10-4-2-1-3-5-10/h6-8,10,12H,1-5H2. The van der Waals surface area contributed by atoms with E-state index < -0.39 is 5.92 Å². The summed E-state index contributed by atoms with van der Waals surface area (Å²) in [6.07, 6.45) is 5.15. The second-order valence-electron chi connectivity index (χ2n) is 4.97. The highest BCUT2D eigenvalue weighted by atomic mass is 35.5. The van der Waals surface area contributed by atoms with Gasteiger partial charge in [-0.2, -0.15) is 5.26 Å². The summed E-state index contributed by atoms with van der Waals surface area (Å²) in [5.41, 5.74) is 0.646. The Morgan fingerprint density at radius 1 is 1.21 bits per heavy atom. The van der Waals surface area contributed by atoms with Crippen molar-refractivity contribution < 1.29 is 4.79 Å². The minimum atomic E-state index is -0.724. The first-order valence-corrected chi connectivity index (χ1v) is 7.27. The van der Waals surface area contributed by atoms with Crippen molar-refractivity contribution in [3.8, 4) is 6.07 Å². The second-order valence-corrected chi connectivity index (χ2v) is 5.79. The predicted molar refractivity (Wildman–Crippen MR) is 76.4 cm³/mol. The number of halogens is 2. The van der Waals surface area contributed by atoms with Crippen LogP contribution in [0.3, 0.4) is 0 Å². The molecule has 0 radical (unpaired) electrons. The summed E-state index contributed by atoms with van der Waals surface area (Å²) in [6.45, 7) is 0. The number of carbonyl (C=O) groups excluding carboxylic acids is 1. The van der Waals surface area contributed by atoms with Crippen molar-refractivity contribution in [3.63, 3.8) is 0 Å². The van der Waals surface area contributed by atoms with E-state index in [4.69, 9.17) is 23.2 Å². The molecule has 1 atom stereocenters. The van der Waals surface area contributed by atoms with Crippen LogP contribution in [0.5, 0.6) is 0 Å². The normalized spacial score (nSPS) is 17.7. The molecule has 0 aromatic heterocycles. The van der Waals surface area contributed by atoms with Crippen LogP contribution >= 0.6 is 23.2 Å². The van der Waals surface area contributed by atoms with Crippen molar-refractivity contribution in [2.75, 3.05) is 0 Å². The van der Waals surface area contributed by atoms with Crippen molar-refractivity contribution in [2.24, 2.45) is 5.92 Å². The van der Waals surface area contributed by atoms with E-state index in [1.165, 1.54) is 6.42 Å². The Kier molecular flexibility index (Phi) is 4.85. The number of benzene rings is 1. The van der Waals surface area contributed by atoms with Gasteiger partial charge in [0.15, 0.2) is 5.78 Å². The summed E-state index contributed by atoms with van der Waals surface area (Å²) in [5.74, 6) is -0.675. The molecule has 2 rings (SSSR count). The second kappa shape index (κ2) is 6.41. The molecule has 1 aromatic carbocycles. The fraction of sp³-hybridized carbons (Fsp3) is 0.467. The zero-order valence-electron chi connectivity index (χ0n) is 10.5. The summed E-state index contributed by atoms with van der Waals surface area (Å²) in [6, 6.07) is 7.08. The minimum Gasteiger partial charge on any atom is -0.298 e. The fourth-order valence-electron chi connectivity index (χ4n) is 2.62. The highest BCUT2D eigenvalue weighted by molar-refractivity contribution is 6.42. The van der Waals surface area contributed by atoms with Gasteiger partial charge >= 0.3 is 0 Å². The van der Waals surface area contributed by atoms with E-state index in [9.17, 15) is 10.1 Å². The maximum atomic E-state index is 12.4. The molecule has 0 amide bonds. The van der Waals surface area contributed by atoms with Gasteiger partial charge in [0, 0.05) is 5.92 Å². The Morgan fingerprint density at radius 2 is 1.89 bits per heavy atom. The molecule has 100 valence electrons. The summed E-state index contributed by atoms with van der Waals surface area (Å²) >= 11 is 11.8. The van der Waals surface area contributed by atoms with Crippen LogP contribution in [0, 0.1) is 17.2 Å². The van der Waals surface area contributed by atoms with Crippen molar-refractivity contribution in [3.05, 3.63) is 33.8 Å². The molecule has 0 aliphatic heterocycles. The van der Waals surface area contributed by atoms with E-state index in [1.807, 2.05) is 0 Å². The number of ketones is 1. The van der Waals surface area contributed by atoms with Gasteiger partial charge in [-0.25, -0.2) is 0 Å². The summed E-state index contributed by atoms with van der Waals surface area (Å²) in [7, 11) is 0. The summed E-state index contributed by atoms with van der Waals surface area (Å²) < 4.78 is 0. The number of hydrogen-bond acceptors (Lipinski definition) is 2. The SMILES string of the molecule is N#CC(C(=O)C1CCCCC1)c1ccc(Cl)c(Cl)c1. The van der Waals surface area contributed by atoms with E-state index in [0.29, 0.717) is 15.6 Å². The van der Waals surface area contributed by atoms with Gasteiger partial charge < -0.3 is 0 Å². The molecule has 0 bridgehead atoms.